The molecule has 0 saturated heterocycles. The highest BCUT2D eigenvalue weighted by Crippen LogP contribution is 2.25. The van der Waals surface area contributed by atoms with E-state index < -0.39 is 23.8 Å². The van der Waals surface area contributed by atoms with Crippen LogP contribution in [0.5, 0.6) is 0 Å². The minimum Gasteiger partial charge on any atom is -0.444 e. The Bertz CT molecular complexity index is 766. The zero-order chi connectivity index (χ0) is 19.9. The van der Waals surface area contributed by atoms with Crippen LogP contribution >= 0.6 is 0 Å². The number of ether oxygens (including phenoxy) is 2. The smallest absolute Gasteiger partial charge is 0.420 e. The van der Waals surface area contributed by atoms with Gasteiger partial charge < -0.3 is 9.47 Å². The highest BCUT2D eigenvalue weighted by atomic mass is 16.6. The van der Waals surface area contributed by atoms with Gasteiger partial charge in [-0.25, -0.2) is 14.5 Å². The van der Waals surface area contributed by atoms with E-state index in [1.165, 1.54) is 6.08 Å². The van der Waals surface area contributed by atoms with Crippen molar-refractivity contribution in [1.29, 1.82) is 0 Å². The first-order valence-corrected chi connectivity index (χ1v) is 8.72. The molecule has 0 N–H and O–H groups in total. The van der Waals surface area contributed by atoms with Crippen LogP contribution < -0.4 is 0 Å². The van der Waals surface area contributed by atoms with E-state index in [4.69, 9.17) is 9.47 Å². The maximum absolute atomic E-state index is 12.8. The van der Waals surface area contributed by atoms with Crippen molar-refractivity contribution in [2.45, 2.75) is 39.0 Å². The second-order valence-corrected chi connectivity index (χ2v) is 6.98. The van der Waals surface area contributed by atoms with Gasteiger partial charge in [0, 0.05) is 0 Å². The Kier molecular flexibility index (Phi) is 6.77. The third kappa shape index (κ3) is 5.99. The predicted octanol–water partition coefficient (Wildman–Crippen LogP) is 5.49. The molecule has 142 valence electrons. The van der Waals surface area contributed by atoms with Gasteiger partial charge in [-0.15, -0.1) is 6.58 Å². The Labute approximate surface area is 160 Å². The number of imide groups is 1. The molecule has 2 aromatic carbocycles. The van der Waals surface area contributed by atoms with Crippen molar-refractivity contribution in [2.24, 2.45) is 0 Å². The summed E-state index contributed by atoms with van der Waals surface area (Å²) in [5.41, 5.74) is 0.803. The molecule has 2 aromatic rings. The maximum atomic E-state index is 12.8. The number of rotatable bonds is 5. The van der Waals surface area contributed by atoms with Crippen LogP contribution in [-0.2, 0) is 16.1 Å². The molecular formula is C22H25NO4. The summed E-state index contributed by atoms with van der Waals surface area (Å²) in [6.45, 7) is 9.05. The normalized spacial score (nSPS) is 12.0. The van der Waals surface area contributed by atoms with Crippen molar-refractivity contribution >= 4 is 12.2 Å². The summed E-state index contributed by atoms with van der Waals surface area (Å²) in [6.07, 6.45) is -0.0561. The first-order valence-electron chi connectivity index (χ1n) is 8.72. The molecule has 2 amide bonds. The van der Waals surface area contributed by atoms with Gasteiger partial charge in [-0.1, -0.05) is 66.7 Å². The lowest BCUT2D eigenvalue weighted by Crippen LogP contribution is -2.42. The van der Waals surface area contributed by atoms with E-state index in [9.17, 15) is 9.59 Å². The van der Waals surface area contributed by atoms with Gasteiger partial charge in [0.2, 0.25) is 0 Å². The monoisotopic (exact) mass is 367 g/mol. The van der Waals surface area contributed by atoms with Crippen LogP contribution in [0, 0.1) is 0 Å². The van der Waals surface area contributed by atoms with E-state index in [1.54, 1.807) is 20.8 Å². The maximum Gasteiger partial charge on any atom is 0.420 e. The van der Waals surface area contributed by atoms with Crippen LogP contribution in [0.3, 0.4) is 0 Å². The SMILES string of the molecule is C=C[C@@H](c1ccccc1)N(C(=O)OCc1ccccc1)C(=O)OC(C)(C)C. The fourth-order valence-corrected chi connectivity index (χ4v) is 2.44. The first-order chi connectivity index (χ1) is 12.8. The summed E-state index contributed by atoms with van der Waals surface area (Å²) < 4.78 is 10.8. The third-order valence-electron chi connectivity index (χ3n) is 3.63. The molecule has 0 bridgehead atoms. The lowest BCUT2D eigenvalue weighted by atomic mass is 10.1. The van der Waals surface area contributed by atoms with Crippen molar-refractivity contribution in [3.8, 4) is 0 Å². The summed E-state index contributed by atoms with van der Waals surface area (Å²) in [6, 6.07) is 17.7. The van der Waals surface area contributed by atoms with Gasteiger partial charge in [-0.05, 0) is 31.9 Å². The van der Waals surface area contributed by atoms with Crippen LogP contribution in [0.25, 0.3) is 0 Å². The highest BCUT2D eigenvalue weighted by molar-refractivity contribution is 5.89. The molecule has 0 heterocycles. The molecule has 0 aliphatic rings. The van der Waals surface area contributed by atoms with Crippen LogP contribution in [0.2, 0.25) is 0 Å². The molecule has 0 aromatic heterocycles. The number of benzene rings is 2. The van der Waals surface area contributed by atoms with Gasteiger partial charge in [-0.3, -0.25) is 0 Å². The summed E-state index contributed by atoms with van der Waals surface area (Å²) >= 11 is 0. The second-order valence-electron chi connectivity index (χ2n) is 6.98. The van der Waals surface area contributed by atoms with Gasteiger partial charge in [0.05, 0.1) is 6.04 Å². The molecule has 0 unspecified atom stereocenters. The molecule has 0 fully saturated rings. The van der Waals surface area contributed by atoms with Gasteiger partial charge >= 0.3 is 12.2 Å². The lowest BCUT2D eigenvalue weighted by molar-refractivity contribution is 0.0157. The average molecular weight is 367 g/mol. The van der Waals surface area contributed by atoms with E-state index in [1.807, 2.05) is 60.7 Å². The summed E-state index contributed by atoms with van der Waals surface area (Å²) in [5.74, 6) is 0. The zero-order valence-corrected chi connectivity index (χ0v) is 15.9. The van der Waals surface area contributed by atoms with E-state index in [-0.39, 0.29) is 6.61 Å². The third-order valence-corrected chi connectivity index (χ3v) is 3.63. The molecule has 0 radical (unpaired) electrons. The number of carbonyl (C=O) groups excluding carboxylic acids is 2. The second kappa shape index (κ2) is 9.03. The average Bonchev–Trinajstić information content (AvgIpc) is 2.64. The number of hydrogen-bond donors (Lipinski definition) is 0. The Morgan fingerprint density at radius 1 is 1.00 bits per heavy atom. The summed E-state index contributed by atoms with van der Waals surface area (Å²) in [7, 11) is 0. The predicted molar refractivity (Wildman–Crippen MR) is 104 cm³/mol. The Morgan fingerprint density at radius 3 is 2.07 bits per heavy atom. The number of nitrogens with zero attached hydrogens (tertiary/aromatic N) is 1. The van der Waals surface area contributed by atoms with Gasteiger partial charge in [-0.2, -0.15) is 0 Å². The number of carbonyl (C=O) groups is 2. The molecule has 0 aliphatic heterocycles. The molecule has 5 heteroatoms. The quantitative estimate of drug-likeness (QED) is 0.656. The molecule has 27 heavy (non-hydrogen) atoms. The van der Waals surface area contributed by atoms with Crippen molar-refractivity contribution in [1.82, 2.24) is 4.90 Å². The molecule has 0 saturated carbocycles. The Morgan fingerprint density at radius 2 is 1.56 bits per heavy atom. The van der Waals surface area contributed by atoms with Crippen molar-refractivity contribution < 1.29 is 19.1 Å². The van der Waals surface area contributed by atoms with E-state index >= 15 is 0 Å². The van der Waals surface area contributed by atoms with E-state index in [0.717, 1.165) is 16.0 Å². The minimum absolute atomic E-state index is 0.0532. The number of amides is 2. The van der Waals surface area contributed by atoms with Crippen LogP contribution in [0.4, 0.5) is 9.59 Å². The molecule has 2 rings (SSSR count). The van der Waals surface area contributed by atoms with Gasteiger partial charge in [0.15, 0.2) is 0 Å². The highest BCUT2D eigenvalue weighted by Gasteiger charge is 2.34. The standard InChI is InChI=1S/C22H25NO4/c1-5-19(18-14-10-7-11-15-18)23(21(25)27-22(2,3)4)20(24)26-16-17-12-8-6-9-13-17/h5-15,19H,1,16H2,2-4H3/t19-/m0/s1. The van der Waals surface area contributed by atoms with E-state index in [0.29, 0.717) is 0 Å². The molecular weight excluding hydrogens is 342 g/mol. The number of hydrogen-bond acceptors (Lipinski definition) is 4. The fraction of sp³-hybridized carbons (Fsp3) is 0.273. The Balaban J connectivity index is 2.26. The zero-order valence-electron chi connectivity index (χ0n) is 15.9. The first kappa shape index (κ1) is 20.2. The van der Waals surface area contributed by atoms with Crippen LogP contribution in [0.15, 0.2) is 73.3 Å². The minimum atomic E-state index is -0.790. The summed E-state index contributed by atoms with van der Waals surface area (Å²) in [5, 5.41) is 0. The molecule has 0 aliphatic carbocycles. The topological polar surface area (TPSA) is 55.8 Å². The molecule has 0 spiro atoms. The van der Waals surface area contributed by atoms with Gasteiger partial charge in [0.25, 0.3) is 0 Å². The fourth-order valence-electron chi connectivity index (χ4n) is 2.44. The van der Waals surface area contributed by atoms with Crippen molar-refractivity contribution in [3.63, 3.8) is 0 Å². The molecule has 5 nitrogen and oxygen atoms in total. The summed E-state index contributed by atoms with van der Waals surface area (Å²) in [4.78, 5) is 26.5. The largest absolute Gasteiger partial charge is 0.444 e. The van der Waals surface area contributed by atoms with Crippen molar-refractivity contribution in [2.75, 3.05) is 0 Å². The van der Waals surface area contributed by atoms with Gasteiger partial charge in [0.1, 0.15) is 12.2 Å². The molecule has 1 atom stereocenters. The van der Waals surface area contributed by atoms with Crippen molar-refractivity contribution in [3.05, 3.63) is 84.4 Å². The van der Waals surface area contributed by atoms with Crippen LogP contribution in [-0.4, -0.2) is 22.7 Å². The lowest BCUT2D eigenvalue weighted by Gasteiger charge is -2.30. The Hall–Kier alpha value is -3.08. The van der Waals surface area contributed by atoms with Crippen LogP contribution in [0.1, 0.15) is 37.9 Å². The van der Waals surface area contributed by atoms with E-state index in [2.05, 4.69) is 6.58 Å².